The van der Waals surface area contributed by atoms with Crippen LogP contribution in [0.25, 0.3) is 27.5 Å². The molecule has 0 saturated carbocycles. The fraction of sp³-hybridized carbons (Fsp3) is 0.118. The van der Waals surface area contributed by atoms with Gasteiger partial charge in [0.1, 0.15) is 0 Å². The molecule has 0 fully saturated rings. The molecule has 34 heavy (non-hydrogen) atoms. The van der Waals surface area contributed by atoms with E-state index in [1.165, 1.54) is 66.4 Å². The molecule has 2 atom stereocenters. The summed E-state index contributed by atoms with van der Waals surface area (Å²) in [6.07, 6.45) is 11.9. The fourth-order valence-corrected chi connectivity index (χ4v) is 7.50. The van der Waals surface area contributed by atoms with Gasteiger partial charge in [-0.1, -0.05) is 97.1 Å². The maximum absolute atomic E-state index is 2.49. The number of allylic oxidation sites excluding steroid dienone is 8. The summed E-state index contributed by atoms with van der Waals surface area (Å²) in [7, 11) is 0. The zero-order valence-corrected chi connectivity index (χ0v) is 18.8. The third kappa shape index (κ3) is 1.98. The van der Waals surface area contributed by atoms with Gasteiger partial charge in [-0.25, -0.2) is 0 Å². The molecule has 2 unspecified atom stereocenters. The van der Waals surface area contributed by atoms with E-state index in [1.54, 1.807) is 11.1 Å². The summed E-state index contributed by atoms with van der Waals surface area (Å²) in [6, 6.07) is 27.6. The number of hydrogen-bond donors (Lipinski definition) is 0. The van der Waals surface area contributed by atoms with Gasteiger partial charge in [0.05, 0.1) is 0 Å². The highest BCUT2D eigenvalue weighted by Gasteiger charge is 2.40. The van der Waals surface area contributed by atoms with Crippen molar-refractivity contribution in [2.24, 2.45) is 0 Å². The van der Waals surface area contributed by atoms with Crippen molar-refractivity contribution in [3.8, 4) is 11.1 Å². The first-order valence-electron chi connectivity index (χ1n) is 12.5. The Morgan fingerprint density at radius 3 is 2.26 bits per heavy atom. The van der Waals surface area contributed by atoms with Crippen LogP contribution in [0, 0.1) is 0 Å². The van der Waals surface area contributed by atoms with Gasteiger partial charge in [-0.2, -0.15) is 0 Å². The van der Waals surface area contributed by atoms with E-state index in [9.17, 15) is 0 Å². The summed E-state index contributed by atoms with van der Waals surface area (Å²) in [6.45, 7) is 0. The fourth-order valence-electron chi connectivity index (χ4n) is 7.50. The molecule has 9 rings (SSSR count). The molecule has 0 N–H and O–H groups in total. The first-order chi connectivity index (χ1) is 16.9. The Labute approximate surface area is 199 Å². The van der Waals surface area contributed by atoms with Crippen molar-refractivity contribution < 1.29 is 0 Å². The third-order valence-corrected chi connectivity index (χ3v) is 8.86. The van der Waals surface area contributed by atoms with E-state index < -0.39 is 0 Å². The van der Waals surface area contributed by atoms with Gasteiger partial charge in [0.15, 0.2) is 0 Å². The molecule has 0 aliphatic heterocycles. The van der Waals surface area contributed by atoms with Crippen LogP contribution < -0.4 is 0 Å². The summed E-state index contributed by atoms with van der Waals surface area (Å²) < 4.78 is 0. The van der Waals surface area contributed by atoms with E-state index in [4.69, 9.17) is 0 Å². The predicted octanol–water partition coefficient (Wildman–Crippen LogP) is 8.04. The summed E-state index contributed by atoms with van der Waals surface area (Å²) in [5, 5.41) is 2.97. The Hall–Kier alpha value is -3.90. The molecule has 4 aromatic carbocycles. The molecule has 0 aromatic heterocycles. The minimum atomic E-state index is 0.348. The Morgan fingerprint density at radius 2 is 1.29 bits per heavy atom. The quantitative estimate of drug-likeness (QED) is 0.233. The lowest BCUT2D eigenvalue weighted by atomic mass is 9.62. The van der Waals surface area contributed by atoms with Crippen molar-refractivity contribution >= 4 is 16.3 Å². The van der Waals surface area contributed by atoms with Crippen LogP contribution in [0.1, 0.15) is 45.2 Å². The van der Waals surface area contributed by atoms with Gasteiger partial charge in [0.2, 0.25) is 0 Å². The van der Waals surface area contributed by atoms with E-state index in [0.29, 0.717) is 11.8 Å². The van der Waals surface area contributed by atoms with Crippen molar-refractivity contribution in [1.82, 2.24) is 0 Å². The van der Waals surface area contributed by atoms with Gasteiger partial charge in [-0.15, -0.1) is 0 Å². The van der Waals surface area contributed by atoms with Crippen LogP contribution in [0.2, 0.25) is 0 Å². The van der Waals surface area contributed by atoms with Gasteiger partial charge in [0.25, 0.3) is 0 Å². The Balaban J connectivity index is 1.36. The Bertz CT molecular complexity index is 1750. The van der Waals surface area contributed by atoms with E-state index in [0.717, 1.165) is 12.8 Å². The minimum absolute atomic E-state index is 0.348. The molecule has 0 amide bonds. The van der Waals surface area contributed by atoms with Gasteiger partial charge >= 0.3 is 0 Å². The van der Waals surface area contributed by atoms with Crippen LogP contribution in [0.3, 0.4) is 0 Å². The van der Waals surface area contributed by atoms with Crippen molar-refractivity contribution in [2.45, 2.75) is 24.7 Å². The molecule has 5 aliphatic carbocycles. The van der Waals surface area contributed by atoms with Crippen LogP contribution in [0.15, 0.2) is 114 Å². The standard InChI is InChI=1S/C34H22/c1-3-7-23-19(5-1)17-21-9-11-27-30-16-14-26-24-8-4-2-6-20(24)18-22-10-12-28(34(30)32(22)26)29-15-13-25(23)31(21)33(27)29/h1-16,25,27H,17-18H2. The summed E-state index contributed by atoms with van der Waals surface area (Å²) >= 11 is 0. The predicted molar refractivity (Wildman–Crippen MR) is 140 cm³/mol. The lowest BCUT2D eigenvalue weighted by Crippen LogP contribution is -2.24. The molecule has 5 aliphatic rings. The molecule has 0 nitrogen and oxygen atoms in total. The molecule has 4 aromatic rings. The topological polar surface area (TPSA) is 0 Å². The normalized spacial score (nSPS) is 22.0. The van der Waals surface area contributed by atoms with Gasteiger partial charge < -0.3 is 0 Å². The average Bonchev–Trinajstić information content (AvgIpc) is 2.90. The first-order valence-corrected chi connectivity index (χ1v) is 12.5. The van der Waals surface area contributed by atoms with E-state index in [-0.39, 0.29) is 0 Å². The maximum atomic E-state index is 2.49. The summed E-state index contributed by atoms with van der Waals surface area (Å²) in [4.78, 5) is 0. The van der Waals surface area contributed by atoms with Crippen molar-refractivity contribution in [1.29, 1.82) is 0 Å². The first kappa shape index (κ1) is 17.6. The number of rotatable bonds is 0. The van der Waals surface area contributed by atoms with Gasteiger partial charge in [-0.05, 0) is 90.4 Å². The molecule has 0 saturated heterocycles. The summed E-state index contributed by atoms with van der Waals surface area (Å²) in [5.41, 5.74) is 17.7. The molecular weight excluding hydrogens is 408 g/mol. The average molecular weight is 431 g/mol. The highest BCUT2D eigenvalue weighted by Crippen LogP contribution is 2.58. The van der Waals surface area contributed by atoms with Crippen molar-refractivity contribution in [3.05, 3.63) is 147 Å². The van der Waals surface area contributed by atoms with E-state index in [1.807, 2.05) is 0 Å². The molecule has 0 spiro atoms. The molecular formula is C34H22. The van der Waals surface area contributed by atoms with Gasteiger partial charge in [-0.3, -0.25) is 0 Å². The van der Waals surface area contributed by atoms with Crippen LogP contribution >= 0.6 is 0 Å². The largest absolute Gasteiger partial charge is 0.0723 e. The highest BCUT2D eigenvalue weighted by atomic mass is 14.4. The maximum Gasteiger partial charge on any atom is 0.0288 e. The second kappa shape index (κ2) is 5.96. The van der Waals surface area contributed by atoms with Crippen molar-refractivity contribution in [3.63, 3.8) is 0 Å². The molecule has 0 heterocycles. The van der Waals surface area contributed by atoms with Gasteiger partial charge in [0, 0.05) is 11.8 Å². The molecule has 0 radical (unpaired) electrons. The van der Waals surface area contributed by atoms with Crippen molar-refractivity contribution in [2.75, 3.05) is 0 Å². The molecule has 0 bridgehead atoms. The zero-order valence-electron chi connectivity index (χ0n) is 18.8. The highest BCUT2D eigenvalue weighted by molar-refractivity contribution is 6.12. The minimum Gasteiger partial charge on any atom is -0.0723 e. The Kier molecular flexibility index (Phi) is 3.08. The monoisotopic (exact) mass is 430 g/mol. The number of benzene rings is 4. The summed E-state index contributed by atoms with van der Waals surface area (Å²) in [5.74, 6) is 0.730. The SMILES string of the molecule is C1=CC2C3=C(C=CC4C3=C1Cc1ccccc14)c1ccc3c4c(ccc2c14)-c1ccccc1C3. The van der Waals surface area contributed by atoms with Crippen LogP contribution in [-0.4, -0.2) is 0 Å². The van der Waals surface area contributed by atoms with E-state index >= 15 is 0 Å². The molecule has 158 valence electrons. The number of fused-ring (bicyclic) bond motifs is 6. The van der Waals surface area contributed by atoms with Crippen LogP contribution in [-0.2, 0) is 12.8 Å². The lowest BCUT2D eigenvalue weighted by Gasteiger charge is -2.41. The third-order valence-electron chi connectivity index (χ3n) is 8.86. The zero-order chi connectivity index (χ0) is 22.0. The smallest absolute Gasteiger partial charge is 0.0288 e. The lowest BCUT2D eigenvalue weighted by molar-refractivity contribution is 0.833. The van der Waals surface area contributed by atoms with Crippen LogP contribution in [0.4, 0.5) is 0 Å². The second-order valence-corrected chi connectivity index (χ2v) is 10.4. The van der Waals surface area contributed by atoms with E-state index in [2.05, 4.69) is 97.1 Å². The second-order valence-electron chi connectivity index (χ2n) is 10.4. The van der Waals surface area contributed by atoms with Crippen LogP contribution in [0.5, 0.6) is 0 Å². The molecule has 0 heteroatoms. The number of hydrogen-bond acceptors (Lipinski definition) is 0. The Morgan fingerprint density at radius 1 is 0.500 bits per heavy atom.